The van der Waals surface area contributed by atoms with Crippen LogP contribution in [0.1, 0.15) is 24.0 Å². The highest BCUT2D eigenvalue weighted by atomic mass is 16.5. The lowest BCUT2D eigenvalue weighted by Crippen LogP contribution is -2.40. The standard InChI is InChI=1S/C16H24N2O4/c1-11-5-6-12(2)13(9-11)18-15(19)10-14(16(20)21)17-7-4-8-22-3/h5-6,9,14,17H,4,7-8,10H2,1-3H3,(H,18,19)(H,20,21)/t14-/m0/s1. The second kappa shape index (κ2) is 9.17. The summed E-state index contributed by atoms with van der Waals surface area (Å²) in [6.45, 7) is 4.87. The number of hydrogen-bond acceptors (Lipinski definition) is 4. The summed E-state index contributed by atoms with van der Waals surface area (Å²) in [6, 6.07) is 4.85. The predicted octanol–water partition coefficient (Wildman–Crippen LogP) is 1.71. The van der Waals surface area contributed by atoms with Crippen molar-refractivity contribution in [1.29, 1.82) is 0 Å². The Morgan fingerprint density at radius 1 is 1.32 bits per heavy atom. The molecule has 0 aliphatic heterocycles. The molecule has 1 aromatic carbocycles. The molecule has 0 spiro atoms. The molecule has 1 amide bonds. The smallest absolute Gasteiger partial charge is 0.321 e. The molecule has 0 bridgehead atoms. The number of methoxy groups -OCH3 is 1. The number of nitrogens with one attached hydrogen (secondary N) is 2. The van der Waals surface area contributed by atoms with Crippen molar-refractivity contribution in [2.24, 2.45) is 0 Å². The van der Waals surface area contributed by atoms with Crippen LogP contribution in [0, 0.1) is 13.8 Å². The number of carboxylic acids is 1. The summed E-state index contributed by atoms with van der Waals surface area (Å²) in [5.74, 6) is -1.35. The minimum absolute atomic E-state index is 0.115. The number of anilines is 1. The van der Waals surface area contributed by atoms with E-state index in [1.54, 1.807) is 7.11 Å². The number of benzene rings is 1. The molecule has 3 N–H and O–H groups in total. The van der Waals surface area contributed by atoms with Gasteiger partial charge in [0.25, 0.3) is 0 Å². The fourth-order valence-corrected chi connectivity index (χ4v) is 2.00. The van der Waals surface area contributed by atoms with E-state index in [2.05, 4.69) is 10.6 Å². The van der Waals surface area contributed by atoms with Gasteiger partial charge < -0.3 is 20.5 Å². The Bertz CT molecular complexity index is 517. The summed E-state index contributed by atoms with van der Waals surface area (Å²) < 4.78 is 4.90. The molecule has 0 aliphatic carbocycles. The molecule has 0 saturated heterocycles. The molecule has 0 saturated carbocycles. The Labute approximate surface area is 130 Å². The van der Waals surface area contributed by atoms with E-state index in [1.165, 1.54) is 0 Å². The van der Waals surface area contributed by atoms with E-state index in [0.29, 0.717) is 25.3 Å². The first-order chi connectivity index (χ1) is 10.4. The summed E-state index contributed by atoms with van der Waals surface area (Å²) >= 11 is 0. The Balaban J connectivity index is 2.56. The van der Waals surface area contributed by atoms with Crippen molar-refractivity contribution < 1.29 is 19.4 Å². The van der Waals surface area contributed by atoms with Crippen molar-refractivity contribution in [3.8, 4) is 0 Å². The van der Waals surface area contributed by atoms with Gasteiger partial charge in [-0.15, -0.1) is 0 Å². The minimum Gasteiger partial charge on any atom is -0.480 e. The fourth-order valence-electron chi connectivity index (χ4n) is 2.00. The van der Waals surface area contributed by atoms with Gasteiger partial charge in [0.1, 0.15) is 6.04 Å². The summed E-state index contributed by atoms with van der Waals surface area (Å²) in [5.41, 5.74) is 2.70. The van der Waals surface area contributed by atoms with Crippen molar-refractivity contribution in [3.63, 3.8) is 0 Å². The van der Waals surface area contributed by atoms with Gasteiger partial charge in [0.05, 0.1) is 6.42 Å². The van der Waals surface area contributed by atoms with E-state index in [-0.39, 0.29) is 12.3 Å². The first kappa shape index (κ1) is 18.1. The molecule has 122 valence electrons. The van der Waals surface area contributed by atoms with Gasteiger partial charge in [-0.3, -0.25) is 9.59 Å². The van der Waals surface area contributed by atoms with Crippen molar-refractivity contribution >= 4 is 17.6 Å². The third-order valence-corrected chi connectivity index (χ3v) is 3.27. The van der Waals surface area contributed by atoms with Crippen molar-refractivity contribution in [2.45, 2.75) is 32.7 Å². The highest BCUT2D eigenvalue weighted by molar-refractivity contribution is 5.94. The van der Waals surface area contributed by atoms with Crippen LogP contribution in [0.15, 0.2) is 18.2 Å². The van der Waals surface area contributed by atoms with Crippen LogP contribution in [0.25, 0.3) is 0 Å². The zero-order chi connectivity index (χ0) is 16.5. The van der Waals surface area contributed by atoms with Crippen LogP contribution in [0.5, 0.6) is 0 Å². The highest BCUT2D eigenvalue weighted by Crippen LogP contribution is 2.16. The normalized spacial score (nSPS) is 12.0. The average molecular weight is 308 g/mol. The molecular weight excluding hydrogens is 284 g/mol. The second-order valence-corrected chi connectivity index (χ2v) is 5.26. The number of carbonyl (C=O) groups excluding carboxylic acids is 1. The molecular formula is C16H24N2O4. The van der Waals surface area contributed by atoms with Gasteiger partial charge in [-0.1, -0.05) is 12.1 Å². The Kier molecular flexibility index (Phi) is 7.56. The minimum atomic E-state index is -1.03. The Morgan fingerprint density at radius 2 is 2.05 bits per heavy atom. The first-order valence-electron chi connectivity index (χ1n) is 7.26. The van der Waals surface area contributed by atoms with E-state index >= 15 is 0 Å². The van der Waals surface area contributed by atoms with E-state index in [9.17, 15) is 9.59 Å². The van der Waals surface area contributed by atoms with E-state index in [0.717, 1.165) is 11.1 Å². The lowest BCUT2D eigenvalue weighted by molar-refractivity contribution is -0.141. The number of aliphatic carboxylic acids is 1. The van der Waals surface area contributed by atoms with Crippen LogP contribution < -0.4 is 10.6 Å². The average Bonchev–Trinajstić information content (AvgIpc) is 2.46. The van der Waals surface area contributed by atoms with E-state index < -0.39 is 12.0 Å². The number of carbonyl (C=O) groups is 2. The summed E-state index contributed by atoms with van der Waals surface area (Å²) in [7, 11) is 1.59. The molecule has 0 radical (unpaired) electrons. The Morgan fingerprint density at radius 3 is 2.68 bits per heavy atom. The van der Waals surface area contributed by atoms with E-state index in [1.807, 2.05) is 32.0 Å². The van der Waals surface area contributed by atoms with Crippen LogP contribution >= 0.6 is 0 Å². The van der Waals surface area contributed by atoms with Crippen LogP contribution in [-0.2, 0) is 14.3 Å². The Hall–Kier alpha value is -1.92. The molecule has 0 heterocycles. The number of carboxylic acid groups (broad SMARTS) is 1. The van der Waals surface area contributed by atoms with Gasteiger partial charge in [-0.25, -0.2) is 0 Å². The van der Waals surface area contributed by atoms with Crippen LogP contribution in [0.2, 0.25) is 0 Å². The topological polar surface area (TPSA) is 87.7 Å². The lowest BCUT2D eigenvalue weighted by Gasteiger charge is -2.15. The highest BCUT2D eigenvalue weighted by Gasteiger charge is 2.20. The largest absolute Gasteiger partial charge is 0.480 e. The SMILES string of the molecule is COCCCN[C@@H](CC(=O)Nc1cc(C)ccc1C)C(=O)O. The summed E-state index contributed by atoms with van der Waals surface area (Å²) in [5, 5.41) is 14.8. The first-order valence-corrected chi connectivity index (χ1v) is 7.26. The van der Waals surface area contributed by atoms with Crippen molar-refractivity contribution in [2.75, 3.05) is 25.6 Å². The number of hydrogen-bond donors (Lipinski definition) is 3. The monoisotopic (exact) mass is 308 g/mol. The lowest BCUT2D eigenvalue weighted by atomic mass is 10.1. The van der Waals surface area contributed by atoms with Gasteiger partial charge in [-0.2, -0.15) is 0 Å². The van der Waals surface area contributed by atoms with Gasteiger partial charge >= 0.3 is 5.97 Å². The molecule has 1 atom stereocenters. The number of amides is 1. The molecule has 0 aliphatic rings. The fraction of sp³-hybridized carbons (Fsp3) is 0.500. The van der Waals surface area contributed by atoms with Crippen molar-refractivity contribution in [3.05, 3.63) is 29.3 Å². The molecule has 1 rings (SSSR count). The van der Waals surface area contributed by atoms with Crippen LogP contribution in [0.4, 0.5) is 5.69 Å². The van der Waals surface area contributed by atoms with Gasteiger partial charge in [0.2, 0.25) is 5.91 Å². The zero-order valence-corrected chi connectivity index (χ0v) is 13.3. The summed E-state index contributed by atoms with van der Waals surface area (Å²) in [6.07, 6.45) is 0.578. The van der Waals surface area contributed by atoms with E-state index in [4.69, 9.17) is 9.84 Å². The molecule has 0 aromatic heterocycles. The van der Waals surface area contributed by atoms with Crippen molar-refractivity contribution in [1.82, 2.24) is 5.32 Å². The second-order valence-electron chi connectivity index (χ2n) is 5.26. The molecule has 0 fully saturated rings. The number of rotatable bonds is 9. The molecule has 6 heteroatoms. The summed E-state index contributed by atoms with van der Waals surface area (Å²) in [4.78, 5) is 23.2. The maximum atomic E-state index is 12.0. The maximum absolute atomic E-state index is 12.0. The maximum Gasteiger partial charge on any atom is 0.321 e. The third-order valence-electron chi connectivity index (χ3n) is 3.27. The van der Waals surface area contributed by atoms with Gasteiger partial charge in [0.15, 0.2) is 0 Å². The van der Waals surface area contributed by atoms with Gasteiger partial charge in [0, 0.05) is 19.4 Å². The zero-order valence-electron chi connectivity index (χ0n) is 13.3. The van der Waals surface area contributed by atoms with Crippen LogP contribution in [0.3, 0.4) is 0 Å². The predicted molar refractivity (Wildman–Crippen MR) is 85.1 cm³/mol. The third kappa shape index (κ3) is 6.24. The molecule has 6 nitrogen and oxygen atoms in total. The quantitative estimate of drug-likeness (QED) is 0.605. The number of ether oxygens (including phenoxy) is 1. The molecule has 22 heavy (non-hydrogen) atoms. The molecule has 0 unspecified atom stereocenters. The van der Waals surface area contributed by atoms with Gasteiger partial charge in [-0.05, 0) is 44.0 Å². The van der Waals surface area contributed by atoms with Crippen LogP contribution in [-0.4, -0.2) is 43.3 Å². The number of aryl methyl sites for hydroxylation is 2. The molecule has 1 aromatic rings.